The van der Waals surface area contributed by atoms with Gasteiger partial charge < -0.3 is 10.1 Å². The Balaban J connectivity index is 2.77. The van der Waals surface area contributed by atoms with Gasteiger partial charge in [0.15, 0.2) is 0 Å². The van der Waals surface area contributed by atoms with Crippen LogP contribution < -0.4 is 10.1 Å². The highest BCUT2D eigenvalue weighted by Gasteiger charge is 2.24. The molecule has 1 N–H and O–H groups in total. The highest BCUT2D eigenvalue weighted by Crippen LogP contribution is 2.22. The summed E-state index contributed by atoms with van der Waals surface area (Å²) >= 11 is 0. The average Bonchev–Trinajstić information content (AvgIpc) is 2.32. The molecule has 0 amide bonds. The molecule has 4 nitrogen and oxygen atoms in total. The number of rotatable bonds is 7. The van der Waals surface area contributed by atoms with E-state index in [0.717, 1.165) is 25.1 Å². The van der Waals surface area contributed by atoms with Gasteiger partial charge in [-0.1, -0.05) is 27.7 Å². The smallest absolute Gasteiger partial charge is 0.232 e. The van der Waals surface area contributed by atoms with Crippen LogP contribution in [0.25, 0.3) is 0 Å². The monoisotopic (exact) mass is 279 g/mol. The van der Waals surface area contributed by atoms with E-state index >= 15 is 0 Å². The highest BCUT2D eigenvalue weighted by molar-refractivity contribution is 5.10. The minimum absolute atomic E-state index is 0.121. The van der Waals surface area contributed by atoms with E-state index in [2.05, 4.69) is 43.0 Å². The van der Waals surface area contributed by atoms with E-state index in [1.54, 1.807) is 6.20 Å². The van der Waals surface area contributed by atoms with Gasteiger partial charge in [0, 0.05) is 18.7 Å². The Bertz CT molecular complexity index is 399. The van der Waals surface area contributed by atoms with E-state index in [9.17, 15) is 0 Å². The van der Waals surface area contributed by atoms with Crippen molar-refractivity contribution in [2.45, 2.75) is 66.5 Å². The summed E-state index contributed by atoms with van der Waals surface area (Å²) in [6.07, 6.45) is 5.63. The molecule has 0 aliphatic carbocycles. The summed E-state index contributed by atoms with van der Waals surface area (Å²) in [6, 6.07) is 0.381. The van der Waals surface area contributed by atoms with Crippen LogP contribution in [-0.2, 0) is 6.42 Å². The first-order valence-electron chi connectivity index (χ1n) is 7.54. The predicted octanol–water partition coefficient (Wildman–Crippen LogP) is 3.22. The minimum Gasteiger partial charge on any atom is -0.474 e. The number of hydrogen-bond acceptors (Lipinski definition) is 4. The maximum atomic E-state index is 5.61. The Morgan fingerprint density at radius 2 is 1.95 bits per heavy atom. The van der Waals surface area contributed by atoms with Gasteiger partial charge in [-0.3, -0.25) is 4.98 Å². The van der Waals surface area contributed by atoms with Gasteiger partial charge >= 0.3 is 0 Å². The molecule has 4 heteroatoms. The third kappa shape index (κ3) is 5.87. The van der Waals surface area contributed by atoms with Crippen molar-refractivity contribution in [3.63, 3.8) is 0 Å². The SMILES string of the molecule is CCCNC(Cc1cncc(OC(C)C)n1)C(C)(C)C. The quantitative estimate of drug-likeness (QED) is 0.832. The highest BCUT2D eigenvalue weighted by atomic mass is 16.5. The van der Waals surface area contributed by atoms with Crippen LogP contribution in [-0.4, -0.2) is 28.7 Å². The normalized spacial score (nSPS) is 13.6. The van der Waals surface area contributed by atoms with E-state index in [1.165, 1.54) is 0 Å². The Morgan fingerprint density at radius 1 is 1.25 bits per heavy atom. The molecule has 0 aliphatic rings. The maximum Gasteiger partial charge on any atom is 0.232 e. The van der Waals surface area contributed by atoms with Crippen molar-refractivity contribution in [1.29, 1.82) is 0 Å². The molecule has 0 aliphatic heterocycles. The van der Waals surface area contributed by atoms with Gasteiger partial charge in [-0.2, -0.15) is 0 Å². The number of aromatic nitrogens is 2. The summed E-state index contributed by atoms with van der Waals surface area (Å²) in [6.45, 7) is 14.0. The van der Waals surface area contributed by atoms with Crippen LogP contribution >= 0.6 is 0 Å². The Hall–Kier alpha value is -1.16. The minimum atomic E-state index is 0.121. The van der Waals surface area contributed by atoms with Gasteiger partial charge in [0.1, 0.15) is 0 Å². The topological polar surface area (TPSA) is 47.0 Å². The molecule has 0 radical (unpaired) electrons. The van der Waals surface area contributed by atoms with E-state index in [-0.39, 0.29) is 11.5 Å². The van der Waals surface area contributed by atoms with Gasteiger partial charge in [0.2, 0.25) is 5.88 Å². The number of nitrogens with zero attached hydrogens (tertiary/aromatic N) is 2. The molecule has 0 spiro atoms. The molecule has 0 aromatic carbocycles. The first-order chi connectivity index (χ1) is 9.32. The molecule has 1 aromatic heterocycles. The van der Waals surface area contributed by atoms with Gasteiger partial charge in [-0.25, -0.2) is 4.98 Å². The zero-order valence-corrected chi connectivity index (χ0v) is 13.7. The second-order valence-electron chi connectivity index (χ2n) is 6.59. The summed E-state index contributed by atoms with van der Waals surface area (Å²) in [5, 5.41) is 3.61. The molecule has 1 heterocycles. The second kappa shape index (κ2) is 7.58. The fourth-order valence-corrected chi connectivity index (χ4v) is 2.00. The summed E-state index contributed by atoms with van der Waals surface area (Å²) in [5.74, 6) is 0.612. The van der Waals surface area contributed by atoms with Crippen molar-refractivity contribution < 1.29 is 4.74 Å². The summed E-state index contributed by atoms with van der Waals surface area (Å²) in [5.41, 5.74) is 1.16. The van der Waals surface area contributed by atoms with Crippen LogP contribution in [0.3, 0.4) is 0 Å². The zero-order valence-electron chi connectivity index (χ0n) is 13.7. The number of hydrogen-bond donors (Lipinski definition) is 1. The Kier molecular flexibility index (Phi) is 6.40. The lowest BCUT2D eigenvalue weighted by molar-refractivity contribution is 0.229. The summed E-state index contributed by atoms with van der Waals surface area (Å²) in [4.78, 5) is 8.79. The lowest BCUT2D eigenvalue weighted by Gasteiger charge is -2.31. The molecule has 0 saturated heterocycles. The van der Waals surface area contributed by atoms with Crippen LogP contribution in [0.15, 0.2) is 12.4 Å². The van der Waals surface area contributed by atoms with Gasteiger partial charge in [0.25, 0.3) is 0 Å². The molecule has 1 unspecified atom stereocenters. The van der Waals surface area contributed by atoms with Crippen molar-refractivity contribution in [1.82, 2.24) is 15.3 Å². The number of ether oxygens (including phenoxy) is 1. The fraction of sp³-hybridized carbons (Fsp3) is 0.750. The van der Waals surface area contributed by atoms with Crippen molar-refractivity contribution in [2.24, 2.45) is 5.41 Å². The lowest BCUT2D eigenvalue weighted by atomic mass is 9.84. The van der Waals surface area contributed by atoms with Crippen LogP contribution in [0.1, 0.15) is 53.7 Å². The predicted molar refractivity (Wildman–Crippen MR) is 83.0 cm³/mol. The van der Waals surface area contributed by atoms with Gasteiger partial charge in [-0.15, -0.1) is 0 Å². The Labute approximate surface area is 123 Å². The molecule has 1 rings (SSSR count). The molecule has 0 bridgehead atoms. The molecule has 1 atom stereocenters. The van der Waals surface area contributed by atoms with Crippen LogP contribution in [0.2, 0.25) is 0 Å². The van der Waals surface area contributed by atoms with Crippen LogP contribution in [0.4, 0.5) is 0 Å². The van der Waals surface area contributed by atoms with Crippen molar-refractivity contribution >= 4 is 0 Å². The van der Waals surface area contributed by atoms with E-state index < -0.39 is 0 Å². The standard InChI is InChI=1S/C16H29N3O/c1-7-8-18-14(16(4,5)6)9-13-10-17-11-15(19-13)20-12(2)3/h10-12,14,18H,7-9H2,1-6H3. The second-order valence-corrected chi connectivity index (χ2v) is 6.59. The molecule has 0 saturated carbocycles. The molecule has 0 fully saturated rings. The van der Waals surface area contributed by atoms with Crippen LogP contribution in [0.5, 0.6) is 5.88 Å². The molecular formula is C16H29N3O. The van der Waals surface area contributed by atoms with Crippen LogP contribution in [0, 0.1) is 5.41 Å². The third-order valence-corrected chi connectivity index (χ3v) is 3.12. The van der Waals surface area contributed by atoms with E-state index in [4.69, 9.17) is 4.74 Å². The van der Waals surface area contributed by atoms with Crippen molar-refractivity contribution in [3.05, 3.63) is 18.1 Å². The first kappa shape index (κ1) is 16.9. The third-order valence-electron chi connectivity index (χ3n) is 3.12. The largest absolute Gasteiger partial charge is 0.474 e. The maximum absolute atomic E-state index is 5.61. The van der Waals surface area contributed by atoms with E-state index in [1.807, 2.05) is 20.0 Å². The fourth-order valence-electron chi connectivity index (χ4n) is 2.00. The molecular weight excluding hydrogens is 250 g/mol. The van der Waals surface area contributed by atoms with Gasteiger partial charge in [0.05, 0.1) is 18.0 Å². The first-order valence-corrected chi connectivity index (χ1v) is 7.54. The average molecular weight is 279 g/mol. The molecule has 1 aromatic rings. The Morgan fingerprint density at radius 3 is 2.50 bits per heavy atom. The summed E-state index contributed by atoms with van der Waals surface area (Å²) < 4.78 is 5.61. The molecule has 20 heavy (non-hydrogen) atoms. The lowest BCUT2D eigenvalue weighted by Crippen LogP contribution is -2.42. The number of nitrogens with one attached hydrogen (secondary N) is 1. The van der Waals surface area contributed by atoms with E-state index in [0.29, 0.717) is 11.9 Å². The van der Waals surface area contributed by atoms with Gasteiger partial charge in [-0.05, 0) is 32.2 Å². The van der Waals surface area contributed by atoms with Crippen molar-refractivity contribution in [2.75, 3.05) is 6.54 Å². The molecule has 114 valence electrons. The van der Waals surface area contributed by atoms with Crippen molar-refractivity contribution in [3.8, 4) is 5.88 Å². The summed E-state index contributed by atoms with van der Waals surface area (Å²) in [7, 11) is 0. The zero-order chi connectivity index (χ0) is 15.2.